The minimum atomic E-state index is -0.800. The van der Waals surface area contributed by atoms with Gasteiger partial charge in [-0.2, -0.15) is 5.10 Å². The van der Waals surface area contributed by atoms with Gasteiger partial charge in [-0.05, 0) is 39.8 Å². The lowest BCUT2D eigenvalue weighted by Crippen LogP contribution is -2.37. The van der Waals surface area contributed by atoms with Crippen LogP contribution in [0.25, 0.3) is 0 Å². The minimum absolute atomic E-state index is 0.0923. The molecular formula is C18H26N4O3. The summed E-state index contributed by atoms with van der Waals surface area (Å²) >= 11 is 0. The molecule has 0 fully saturated rings. The lowest BCUT2D eigenvalue weighted by atomic mass is 10.3. The molecule has 136 valence electrons. The summed E-state index contributed by atoms with van der Waals surface area (Å²) in [6, 6.07) is 9.06. The van der Waals surface area contributed by atoms with Crippen molar-refractivity contribution in [3.8, 4) is 5.75 Å². The normalized spacial score (nSPS) is 12.1. The molecule has 1 aromatic heterocycles. The van der Waals surface area contributed by atoms with Gasteiger partial charge in [-0.15, -0.1) is 0 Å². The molecule has 7 nitrogen and oxygen atoms in total. The van der Waals surface area contributed by atoms with Gasteiger partial charge in [0.25, 0.3) is 0 Å². The van der Waals surface area contributed by atoms with E-state index in [9.17, 15) is 9.90 Å². The number of aliphatic hydroxyl groups is 1. The monoisotopic (exact) mass is 346 g/mol. The SMILES string of the molecule is Cc1nn(C(C)C)c(C)c1NC(=O)NCC(O)COc1ccccc1. The fourth-order valence-electron chi connectivity index (χ4n) is 2.48. The number of urea groups is 1. The van der Waals surface area contributed by atoms with Crippen molar-refractivity contribution in [2.75, 3.05) is 18.5 Å². The highest BCUT2D eigenvalue weighted by atomic mass is 16.5. The molecule has 2 aromatic rings. The van der Waals surface area contributed by atoms with Crippen molar-refractivity contribution < 1.29 is 14.6 Å². The quantitative estimate of drug-likeness (QED) is 0.719. The van der Waals surface area contributed by atoms with E-state index in [4.69, 9.17) is 4.74 Å². The Morgan fingerprint density at radius 3 is 2.56 bits per heavy atom. The van der Waals surface area contributed by atoms with Crippen LogP contribution in [0.4, 0.5) is 10.5 Å². The first-order valence-electron chi connectivity index (χ1n) is 8.35. The maximum Gasteiger partial charge on any atom is 0.319 e. The van der Waals surface area contributed by atoms with Gasteiger partial charge in [0.15, 0.2) is 0 Å². The number of benzene rings is 1. The van der Waals surface area contributed by atoms with Gasteiger partial charge in [0.05, 0.1) is 17.1 Å². The van der Waals surface area contributed by atoms with Crippen molar-refractivity contribution in [2.24, 2.45) is 0 Å². The largest absolute Gasteiger partial charge is 0.491 e. The Balaban J connectivity index is 1.80. The number of nitrogens with one attached hydrogen (secondary N) is 2. The molecule has 0 aliphatic heterocycles. The van der Waals surface area contributed by atoms with Crippen molar-refractivity contribution in [2.45, 2.75) is 39.8 Å². The highest BCUT2D eigenvalue weighted by molar-refractivity contribution is 5.90. The second-order valence-electron chi connectivity index (χ2n) is 6.20. The predicted octanol–water partition coefficient (Wildman–Crippen LogP) is 2.64. The third-order valence-electron chi connectivity index (χ3n) is 3.74. The summed E-state index contributed by atoms with van der Waals surface area (Å²) in [6.45, 7) is 8.03. The zero-order valence-electron chi connectivity index (χ0n) is 15.1. The highest BCUT2D eigenvalue weighted by Crippen LogP contribution is 2.22. The van der Waals surface area contributed by atoms with E-state index in [-0.39, 0.29) is 25.2 Å². The van der Waals surface area contributed by atoms with E-state index in [0.29, 0.717) is 11.4 Å². The smallest absolute Gasteiger partial charge is 0.319 e. The Labute approximate surface area is 148 Å². The van der Waals surface area contributed by atoms with Crippen LogP contribution in [0.2, 0.25) is 0 Å². The van der Waals surface area contributed by atoms with Crippen molar-refractivity contribution in [1.82, 2.24) is 15.1 Å². The van der Waals surface area contributed by atoms with Crippen LogP contribution in [-0.4, -0.2) is 40.2 Å². The maximum absolute atomic E-state index is 12.1. The summed E-state index contributed by atoms with van der Waals surface area (Å²) in [5.41, 5.74) is 2.35. The number of aliphatic hydroxyl groups excluding tert-OH is 1. The zero-order chi connectivity index (χ0) is 18.4. The lowest BCUT2D eigenvalue weighted by molar-refractivity contribution is 0.108. The third kappa shape index (κ3) is 5.22. The minimum Gasteiger partial charge on any atom is -0.491 e. The molecule has 0 aliphatic carbocycles. The number of aryl methyl sites for hydroxylation is 1. The molecule has 1 heterocycles. The Kier molecular flexibility index (Phi) is 6.41. The van der Waals surface area contributed by atoms with Gasteiger partial charge in [-0.1, -0.05) is 18.2 Å². The Morgan fingerprint density at radius 1 is 1.28 bits per heavy atom. The van der Waals surface area contributed by atoms with Crippen LogP contribution in [0, 0.1) is 13.8 Å². The molecule has 2 amide bonds. The van der Waals surface area contributed by atoms with E-state index < -0.39 is 6.10 Å². The molecule has 0 aliphatic rings. The first-order chi connectivity index (χ1) is 11.9. The van der Waals surface area contributed by atoms with Crippen molar-refractivity contribution in [3.63, 3.8) is 0 Å². The van der Waals surface area contributed by atoms with E-state index >= 15 is 0 Å². The van der Waals surface area contributed by atoms with Gasteiger partial charge < -0.3 is 20.5 Å². The molecule has 1 unspecified atom stereocenters. The van der Waals surface area contributed by atoms with Gasteiger partial charge in [0.1, 0.15) is 18.5 Å². The van der Waals surface area contributed by atoms with E-state index in [1.807, 2.05) is 62.7 Å². The van der Waals surface area contributed by atoms with Crippen molar-refractivity contribution >= 4 is 11.7 Å². The molecular weight excluding hydrogens is 320 g/mol. The number of ether oxygens (including phenoxy) is 1. The van der Waals surface area contributed by atoms with Crippen molar-refractivity contribution in [3.05, 3.63) is 41.7 Å². The second-order valence-corrected chi connectivity index (χ2v) is 6.20. The molecule has 1 atom stereocenters. The summed E-state index contributed by atoms with van der Waals surface area (Å²) < 4.78 is 7.32. The molecule has 25 heavy (non-hydrogen) atoms. The van der Waals surface area contributed by atoms with Crippen molar-refractivity contribution in [1.29, 1.82) is 0 Å². The highest BCUT2D eigenvalue weighted by Gasteiger charge is 2.16. The maximum atomic E-state index is 12.1. The summed E-state index contributed by atoms with van der Waals surface area (Å²) in [4.78, 5) is 12.1. The first-order valence-corrected chi connectivity index (χ1v) is 8.35. The fraction of sp³-hybridized carbons (Fsp3) is 0.444. The molecule has 3 N–H and O–H groups in total. The summed E-state index contributed by atoms with van der Waals surface area (Å²) in [5.74, 6) is 0.679. The average Bonchev–Trinajstić information content (AvgIpc) is 2.87. The number of carbonyl (C=O) groups excluding carboxylic acids is 1. The standard InChI is InChI=1S/C18H26N4O3/c1-12(2)22-14(4)17(13(3)21-22)20-18(24)19-10-15(23)11-25-16-8-6-5-7-9-16/h5-9,12,15,23H,10-11H2,1-4H3,(H2,19,20,24). The number of amides is 2. The van der Waals surface area contributed by atoms with Crippen LogP contribution in [0.15, 0.2) is 30.3 Å². The van der Waals surface area contributed by atoms with E-state index in [2.05, 4.69) is 15.7 Å². The van der Waals surface area contributed by atoms with Gasteiger partial charge in [0, 0.05) is 12.6 Å². The van der Waals surface area contributed by atoms with Gasteiger partial charge in [-0.25, -0.2) is 4.79 Å². The van der Waals surface area contributed by atoms with Crippen LogP contribution >= 0.6 is 0 Å². The molecule has 0 bridgehead atoms. The summed E-state index contributed by atoms with van der Waals surface area (Å²) in [6.07, 6.45) is -0.800. The molecule has 2 rings (SSSR count). The van der Waals surface area contributed by atoms with Gasteiger partial charge >= 0.3 is 6.03 Å². The number of aromatic nitrogens is 2. The topological polar surface area (TPSA) is 88.4 Å². The number of carbonyl (C=O) groups is 1. The molecule has 0 radical (unpaired) electrons. The number of hydrogen-bond acceptors (Lipinski definition) is 4. The van der Waals surface area contributed by atoms with Crippen LogP contribution in [-0.2, 0) is 0 Å². The molecule has 1 aromatic carbocycles. The van der Waals surface area contributed by atoms with Crippen LogP contribution in [0.5, 0.6) is 5.75 Å². The van der Waals surface area contributed by atoms with Crippen LogP contribution in [0.3, 0.4) is 0 Å². The van der Waals surface area contributed by atoms with E-state index in [0.717, 1.165) is 11.4 Å². The lowest BCUT2D eigenvalue weighted by Gasteiger charge is -2.14. The van der Waals surface area contributed by atoms with Gasteiger partial charge in [0.2, 0.25) is 0 Å². The molecule has 0 spiro atoms. The molecule has 0 saturated carbocycles. The summed E-state index contributed by atoms with van der Waals surface area (Å²) in [5, 5.41) is 19.8. The average molecular weight is 346 g/mol. The number of nitrogens with zero attached hydrogens (tertiary/aromatic N) is 2. The van der Waals surface area contributed by atoms with Crippen LogP contribution in [0.1, 0.15) is 31.3 Å². The van der Waals surface area contributed by atoms with E-state index in [1.165, 1.54) is 0 Å². The molecule has 0 saturated heterocycles. The number of rotatable bonds is 7. The fourth-order valence-corrected chi connectivity index (χ4v) is 2.48. The Hall–Kier alpha value is -2.54. The zero-order valence-corrected chi connectivity index (χ0v) is 15.1. The number of hydrogen-bond donors (Lipinski definition) is 3. The number of para-hydroxylation sites is 1. The van der Waals surface area contributed by atoms with Crippen LogP contribution < -0.4 is 15.4 Å². The first kappa shape index (κ1) is 18.8. The van der Waals surface area contributed by atoms with Gasteiger partial charge in [-0.3, -0.25) is 4.68 Å². The Morgan fingerprint density at radius 2 is 1.96 bits per heavy atom. The predicted molar refractivity (Wildman–Crippen MR) is 97.1 cm³/mol. The molecule has 7 heteroatoms. The number of anilines is 1. The summed E-state index contributed by atoms with van der Waals surface area (Å²) in [7, 11) is 0. The second kappa shape index (κ2) is 8.53. The van der Waals surface area contributed by atoms with E-state index in [1.54, 1.807) is 0 Å². The Bertz CT molecular complexity index is 698. The third-order valence-corrected chi connectivity index (χ3v) is 3.74.